The van der Waals surface area contributed by atoms with Crippen LogP contribution in [0.3, 0.4) is 0 Å². The Morgan fingerprint density at radius 2 is 1.95 bits per heavy atom. The topological polar surface area (TPSA) is 49.4 Å². The predicted molar refractivity (Wildman–Crippen MR) is 88.3 cm³/mol. The Balaban J connectivity index is 1.91. The molecule has 0 aromatic heterocycles. The lowest BCUT2D eigenvalue weighted by molar-refractivity contribution is 0.114. The predicted octanol–water partition coefficient (Wildman–Crippen LogP) is 1.91. The van der Waals surface area contributed by atoms with Crippen LogP contribution >= 0.6 is 0 Å². The van der Waals surface area contributed by atoms with Crippen LogP contribution in [0.25, 0.3) is 0 Å². The molecule has 2 rings (SSSR count). The molecule has 0 aromatic carbocycles. The van der Waals surface area contributed by atoms with Gasteiger partial charge in [-0.05, 0) is 37.5 Å². The minimum Gasteiger partial charge on any atom is -0.311 e. The van der Waals surface area contributed by atoms with Gasteiger partial charge in [-0.1, -0.05) is 20.8 Å². The molecule has 5 heteroatoms. The zero-order chi connectivity index (χ0) is 15.5. The van der Waals surface area contributed by atoms with E-state index < -0.39 is 9.84 Å². The van der Waals surface area contributed by atoms with Gasteiger partial charge in [0, 0.05) is 37.5 Å². The zero-order valence-corrected chi connectivity index (χ0v) is 14.7. The Hall–Kier alpha value is -0.130. The van der Waals surface area contributed by atoms with Gasteiger partial charge in [-0.15, -0.1) is 0 Å². The van der Waals surface area contributed by atoms with Crippen molar-refractivity contribution in [3.63, 3.8) is 0 Å². The van der Waals surface area contributed by atoms with Crippen LogP contribution in [-0.2, 0) is 9.84 Å². The average molecular weight is 317 g/mol. The molecule has 2 unspecified atom stereocenters. The summed E-state index contributed by atoms with van der Waals surface area (Å²) in [5, 5.41) is 3.68. The highest BCUT2D eigenvalue weighted by molar-refractivity contribution is 7.91. The minimum absolute atomic E-state index is 0.332. The van der Waals surface area contributed by atoms with Crippen LogP contribution in [0.5, 0.6) is 0 Å². The molecule has 4 nitrogen and oxygen atoms in total. The highest BCUT2D eigenvalue weighted by atomic mass is 32.2. The summed E-state index contributed by atoms with van der Waals surface area (Å²) in [5.41, 5.74) is 0. The van der Waals surface area contributed by atoms with Crippen molar-refractivity contribution in [3.05, 3.63) is 0 Å². The first kappa shape index (κ1) is 17.2. The van der Waals surface area contributed by atoms with E-state index in [4.69, 9.17) is 0 Å². The van der Waals surface area contributed by atoms with E-state index in [0.29, 0.717) is 29.5 Å². The fraction of sp³-hybridized carbons (Fsp3) is 1.00. The van der Waals surface area contributed by atoms with Crippen molar-refractivity contribution < 1.29 is 8.42 Å². The van der Waals surface area contributed by atoms with E-state index >= 15 is 0 Å². The van der Waals surface area contributed by atoms with E-state index in [1.165, 1.54) is 19.3 Å². The third-order valence-electron chi connectivity index (χ3n) is 4.67. The summed E-state index contributed by atoms with van der Waals surface area (Å²) in [6.07, 6.45) is 4.54. The van der Waals surface area contributed by atoms with E-state index in [2.05, 4.69) is 24.1 Å². The summed E-state index contributed by atoms with van der Waals surface area (Å²) in [6, 6.07) is 1.08. The fourth-order valence-corrected chi connectivity index (χ4v) is 4.84. The first-order chi connectivity index (χ1) is 9.91. The summed E-state index contributed by atoms with van der Waals surface area (Å²) in [6.45, 7) is 9.22. The van der Waals surface area contributed by atoms with E-state index in [1.54, 1.807) is 0 Å². The van der Waals surface area contributed by atoms with Gasteiger partial charge in [0.25, 0.3) is 0 Å². The van der Waals surface area contributed by atoms with Gasteiger partial charge in [0.15, 0.2) is 9.84 Å². The van der Waals surface area contributed by atoms with Crippen LogP contribution in [0, 0.1) is 11.8 Å². The van der Waals surface area contributed by atoms with Crippen molar-refractivity contribution in [1.82, 2.24) is 10.2 Å². The monoisotopic (exact) mass is 316 g/mol. The normalized spacial score (nSPS) is 28.2. The van der Waals surface area contributed by atoms with Gasteiger partial charge < -0.3 is 5.32 Å². The molecular formula is C16H32N2O2S. The molecule has 2 atom stereocenters. The van der Waals surface area contributed by atoms with Gasteiger partial charge in [-0.3, -0.25) is 4.90 Å². The number of nitrogens with zero attached hydrogens (tertiary/aromatic N) is 1. The van der Waals surface area contributed by atoms with Gasteiger partial charge in [0.05, 0.1) is 5.75 Å². The standard InChI is InChI=1S/C16H32N2O2S/c1-4-8-21(19,20)9-7-18-12-15(10-13(2)3)17-11-16(18)14-5-6-14/h13-17H,4-12H2,1-3H3. The third-order valence-corrected chi connectivity index (χ3v) is 6.50. The van der Waals surface area contributed by atoms with Crippen molar-refractivity contribution >= 4 is 9.84 Å². The largest absolute Gasteiger partial charge is 0.311 e. The van der Waals surface area contributed by atoms with Crippen molar-refractivity contribution in [1.29, 1.82) is 0 Å². The third kappa shape index (κ3) is 5.53. The molecule has 21 heavy (non-hydrogen) atoms. The van der Waals surface area contributed by atoms with Crippen LogP contribution in [0.2, 0.25) is 0 Å². The Labute approximate surface area is 130 Å². The quantitative estimate of drug-likeness (QED) is 0.743. The summed E-state index contributed by atoms with van der Waals surface area (Å²) in [5.74, 6) is 2.15. The molecule has 1 aliphatic carbocycles. The smallest absolute Gasteiger partial charge is 0.151 e. The van der Waals surface area contributed by atoms with E-state index in [9.17, 15) is 8.42 Å². The van der Waals surface area contributed by atoms with Crippen LogP contribution in [-0.4, -0.2) is 56.5 Å². The molecule has 1 aliphatic heterocycles. The molecule has 124 valence electrons. The summed E-state index contributed by atoms with van der Waals surface area (Å²) >= 11 is 0. The van der Waals surface area contributed by atoms with Crippen LogP contribution in [0.4, 0.5) is 0 Å². The van der Waals surface area contributed by atoms with Gasteiger partial charge in [0.1, 0.15) is 0 Å². The lowest BCUT2D eigenvalue weighted by atomic mass is 9.98. The number of nitrogens with one attached hydrogen (secondary N) is 1. The Kier molecular flexibility index (Phi) is 6.09. The molecule has 0 amide bonds. The van der Waals surface area contributed by atoms with Crippen molar-refractivity contribution in [3.8, 4) is 0 Å². The number of sulfone groups is 1. The molecule has 0 aromatic rings. The van der Waals surface area contributed by atoms with Gasteiger partial charge >= 0.3 is 0 Å². The first-order valence-corrected chi connectivity index (χ1v) is 10.4. The van der Waals surface area contributed by atoms with Crippen molar-refractivity contribution in [2.45, 2.75) is 58.5 Å². The number of hydrogen-bond donors (Lipinski definition) is 1. The maximum Gasteiger partial charge on any atom is 0.151 e. The molecule has 1 saturated heterocycles. The van der Waals surface area contributed by atoms with Gasteiger partial charge in [0.2, 0.25) is 0 Å². The molecule has 0 bridgehead atoms. The minimum atomic E-state index is -2.86. The lowest BCUT2D eigenvalue weighted by Gasteiger charge is -2.41. The van der Waals surface area contributed by atoms with Crippen molar-refractivity contribution in [2.75, 3.05) is 31.1 Å². The molecule has 1 N–H and O–H groups in total. The second kappa shape index (κ2) is 7.42. The molecule has 2 aliphatic rings. The molecule has 1 heterocycles. The van der Waals surface area contributed by atoms with Crippen LogP contribution in [0.1, 0.15) is 46.5 Å². The number of piperazine rings is 1. The Bertz CT molecular complexity index is 418. The van der Waals surface area contributed by atoms with E-state index in [-0.39, 0.29) is 0 Å². The maximum atomic E-state index is 12.0. The van der Waals surface area contributed by atoms with E-state index in [0.717, 1.165) is 32.0 Å². The SMILES string of the molecule is CCCS(=O)(=O)CCN1CC(CC(C)C)NCC1C1CC1. The molecule has 1 saturated carbocycles. The van der Waals surface area contributed by atoms with Crippen LogP contribution < -0.4 is 5.32 Å². The molecule has 2 fully saturated rings. The molecular weight excluding hydrogens is 284 g/mol. The number of rotatable bonds is 8. The summed E-state index contributed by atoms with van der Waals surface area (Å²) in [7, 11) is -2.86. The highest BCUT2D eigenvalue weighted by Gasteiger charge is 2.38. The van der Waals surface area contributed by atoms with E-state index in [1.807, 2.05) is 6.92 Å². The first-order valence-electron chi connectivity index (χ1n) is 8.59. The summed E-state index contributed by atoms with van der Waals surface area (Å²) < 4.78 is 24.0. The second-order valence-corrected chi connectivity index (χ2v) is 9.59. The van der Waals surface area contributed by atoms with Gasteiger partial charge in [-0.25, -0.2) is 8.42 Å². The Morgan fingerprint density at radius 1 is 1.24 bits per heavy atom. The highest BCUT2D eigenvalue weighted by Crippen LogP contribution is 2.36. The maximum absolute atomic E-state index is 12.0. The zero-order valence-electron chi connectivity index (χ0n) is 13.8. The average Bonchev–Trinajstić information content (AvgIpc) is 3.20. The second-order valence-electron chi connectivity index (χ2n) is 7.29. The number of hydrogen-bond acceptors (Lipinski definition) is 4. The molecule has 0 radical (unpaired) electrons. The van der Waals surface area contributed by atoms with Crippen LogP contribution in [0.15, 0.2) is 0 Å². The summed E-state index contributed by atoms with van der Waals surface area (Å²) in [4.78, 5) is 2.47. The Morgan fingerprint density at radius 3 is 2.52 bits per heavy atom. The van der Waals surface area contributed by atoms with Crippen molar-refractivity contribution in [2.24, 2.45) is 11.8 Å². The fourth-order valence-electron chi connectivity index (χ4n) is 3.50. The molecule has 0 spiro atoms. The lowest BCUT2D eigenvalue weighted by Crippen LogP contribution is -2.58. The van der Waals surface area contributed by atoms with Gasteiger partial charge in [-0.2, -0.15) is 0 Å².